The van der Waals surface area contributed by atoms with E-state index in [4.69, 9.17) is 10.2 Å². The van der Waals surface area contributed by atoms with Crippen LogP contribution in [0.15, 0.2) is 70.3 Å². The summed E-state index contributed by atoms with van der Waals surface area (Å²) in [7, 11) is 0. The Morgan fingerprint density at radius 3 is 1.26 bits per heavy atom. The van der Waals surface area contributed by atoms with Crippen LogP contribution in [-0.4, -0.2) is 21.3 Å². The lowest BCUT2D eigenvalue weighted by Gasteiger charge is -2.20. The van der Waals surface area contributed by atoms with E-state index >= 15 is 0 Å². The molecule has 4 aliphatic rings. The Morgan fingerprint density at radius 2 is 0.940 bits per heavy atom. The van der Waals surface area contributed by atoms with Gasteiger partial charge in [-0.05, 0) is 132 Å². The lowest BCUT2D eigenvalue weighted by atomic mass is 9.85. The molecule has 3 N–H and O–H groups in total. The fraction of sp³-hybridized carbons (Fsp3) is 0.432. The van der Waals surface area contributed by atoms with Gasteiger partial charge in [0.15, 0.2) is 0 Å². The van der Waals surface area contributed by atoms with E-state index in [-0.39, 0.29) is 5.92 Å². The van der Waals surface area contributed by atoms with Crippen molar-refractivity contribution in [2.75, 3.05) is 0 Å². The van der Waals surface area contributed by atoms with Crippen molar-refractivity contribution in [1.82, 2.24) is 0 Å². The van der Waals surface area contributed by atoms with Gasteiger partial charge in [0.25, 0.3) is 10.9 Å². The normalized spacial score (nSPS) is 13.5. The molecule has 0 heterocycles. The van der Waals surface area contributed by atoms with Gasteiger partial charge in [0.2, 0.25) is 11.5 Å². The van der Waals surface area contributed by atoms with E-state index in [1.165, 1.54) is 55.6 Å². The second-order valence-electron chi connectivity index (χ2n) is 15.2. The van der Waals surface area contributed by atoms with Crippen LogP contribution in [0.25, 0.3) is 22.3 Å². The molecule has 1 aromatic carbocycles. The molecule has 2 atom stereocenters. The number of hydrogen-bond donors (Lipinski definition) is 3. The van der Waals surface area contributed by atoms with Gasteiger partial charge < -0.3 is 15.3 Å². The molecule has 50 heavy (non-hydrogen) atoms. The van der Waals surface area contributed by atoms with Crippen LogP contribution in [0.5, 0.6) is 11.5 Å². The third-order valence-electron chi connectivity index (χ3n) is 10.1. The van der Waals surface area contributed by atoms with Crippen LogP contribution in [0.4, 0.5) is 0 Å². The number of fused-ring (bicyclic) bond motifs is 2. The number of aryl methyl sites for hydroxylation is 2. The summed E-state index contributed by atoms with van der Waals surface area (Å²) in [5.74, 6) is -0.820. The predicted molar refractivity (Wildman–Crippen MR) is 204 cm³/mol. The van der Waals surface area contributed by atoms with Crippen molar-refractivity contribution >= 4 is 5.97 Å². The highest BCUT2D eigenvalue weighted by Crippen LogP contribution is 2.39. The Hall–Kier alpha value is -4.45. The predicted octanol–water partition coefficient (Wildman–Crippen LogP) is 9.77. The maximum atomic E-state index is 12.4. The third kappa shape index (κ3) is 9.01. The van der Waals surface area contributed by atoms with E-state index in [2.05, 4.69) is 116 Å². The van der Waals surface area contributed by atoms with Crippen molar-refractivity contribution < 1.29 is 20.1 Å². The second kappa shape index (κ2) is 16.5. The summed E-state index contributed by atoms with van der Waals surface area (Å²) in [5.41, 5.74) is 11.3. The Labute approximate surface area is 297 Å². The summed E-state index contributed by atoms with van der Waals surface area (Å²) < 4.78 is 0. The van der Waals surface area contributed by atoms with Gasteiger partial charge in [-0.25, -0.2) is 0 Å². The average molecular weight is 679 g/mol. The molecule has 2 unspecified atom stereocenters. The fourth-order valence-electron chi connectivity index (χ4n) is 7.16. The van der Waals surface area contributed by atoms with Crippen LogP contribution in [0, 0.1) is 31.6 Å². The number of aromatic hydroxyl groups is 2. The monoisotopic (exact) mass is 678 g/mol. The highest BCUT2D eigenvalue weighted by atomic mass is 16.4. The van der Waals surface area contributed by atoms with E-state index in [9.17, 15) is 19.5 Å². The minimum Gasteiger partial charge on any atom is -0.501 e. The molecule has 0 amide bonds. The molecule has 6 nitrogen and oxygen atoms in total. The maximum absolute atomic E-state index is 12.4. The lowest BCUT2D eigenvalue weighted by Crippen LogP contribution is -2.28. The van der Waals surface area contributed by atoms with Crippen LogP contribution in [0.1, 0.15) is 112 Å². The summed E-state index contributed by atoms with van der Waals surface area (Å²) in [4.78, 5) is 32.3. The molecular formula is C44H54O6. The van der Waals surface area contributed by atoms with Gasteiger partial charge in [0.05, 0.1) is 5.92 Å². The first-order chi connectivity index (χ1) is 23.6. The third-order valence-corrected chi connectivity index (χ3v) is 10.1. The van der Waals surface area contributed by atoms with Gasteiger partial charge in [-0.3, -0.25) is 14.4 Å². The van der Waals surface area contributed by atoms with Crippen molar-refractivity contribution in [1.29, 1.82) is 0 Å². The van der Waals surface area contributed by atoms with Crippen molar-refractivity contribution in [3.05, 3.63) is 114 Å². The number of rotatable bonds is 13. The second-order valence-corrected chi connectivity index (χ2v) is 15.2. The molecule has 0 spiro atoms. The van der Waals surface area contributed by atoms with Crippen LogP contribution in [0.2, 0.25) is 0 Å². The number of carboxylic acid groups (broad SMARTS) is 1. The first-order valence-electron chi connectivity index (χ1n) is 18.1. The van der Waals surface area contributed by atoms with Crippen molar-refractivity contribution in [3.63, 3.8) is 0 Å². The molecule has 6 heteroatoms. The number of aliphatic carboxylic acids is 1. The number of carbonyl (C=O) groups is 1. The molecule has 0 radical (unpaired) electrons. The zero-order valence-corrected chi connectivity index (χ0v) is 31.0. The van der Waals surface area contributed by atoms with Gasteiger partial charge in [0.1, 0.15) is 0 Å². The zero-order valence-electron chi connectivity index (χ0n) is 31.0. The summed E-state index contributed by atoms with van der Waals surface area (Å²) in [6.07, 6.45) is 5.29. The smallest absolute Gasteiger partial charge is 0.306 e. The van der Waals surface area contributed by atoms with Crippen molar-refractivity contribution in [2.24, 2.45) is 17.8 Å². The highest BCUT2D eigenvalue weighted by Gasteiger charge is 2.24. The van der Waals surface area contributed by atoms with Crippen molar-refractivity contribution in [2.45, 2.75) is 106 Å². The molecule has 0 saturated carbocycles. The van der Waals surface area contributed by atoms with Crippen LogP contribution < -0.4 is 10.9 Å². The molecule has 5 rings (SSSR count). The molecule has 4 aliphatic carbocycles. The molecule has 0 bridgehead atoms. The molecule has 0 aliphatic heterocycles. The van der Waals surface area contributed by atoms with Gasteiger partial charge >= 0.3 is 5.97 Å². The van der Waals surface area contributed by atoms with E-state index in [0.717, 1.165) is 25.7 Å². The maximum Gasteiger partial charge on any atom is 0.306 e. The van der Waals surface area contributed by atoms with Crippen LogP contribution in [-0.2, 0) is 17.6 Å². The fourth-order valence-corrected chi connectivity index (χ4v) is 7.16. The molecule has 0 saturated heterocycles. The number of hydrogen-bond acceptors (Lipinski definition) is 5. The zero-order chi connectivity index (χ0) is 36.9. The van der Waals surface area contributed by atoms with Gasteiger partial charge in [-0.1, -0.05) is 102 Å². The summed E-state index contributed by atoms with van der Waals surface area (Å²) >= 11 is 0. The summed E-state index contributed by atoms with van der Waals surface area (Å²) in [6, 6.07) is 22.9. The standard InChI is InChI=1S/C40H52O2.C4H2O4/c1-25(2)21-31-13-19-34(36-17-11-29(7)38(36)23-31)27(5)9-15-33(40(41)42)16-10-28(6)35-20-14-32(22-26(3)4)24-39-30(8)12-18-37(35)39;5-1-2(6)4(8)3(1)7/h11-14,17-20,23-28,33H,9-10,15-16,21-22H2,1-8H3,(H,41,42);5-6H. The van der Waals surface area contributed by atoms with Crippen LogP contribution in [0.3, 0.4) is 0 Å². The van der Waals surface area contributed by atoms with Gasteiger partial charge in [-0.15, -0.1) is 0 Å². The SMILES string of the molecule is Cc1ccc2c(C(C)CCC(CCC(C)c3ccc(CC(C)C)cc4c(C)ccc3-4)C(=O)O)ccc(CC(C)C)cc1-2.O=c1c(O)c(O)c1=O. The Morgan fingerprint density at radius 1 is 0.560 bits per heavy atom. The topological polar surface area (TPSA) is 112 Å². The minimum absolute atomic E-state index is 0.298. The first-order valence-corrected chi connectivity index (χ1v) is 18.1. The van der Waals surface area contributed by atoms with E-state index in [1.807, 2.05) is 0 Å². The summed E-state index contributed by atoms with van der Waals surface area (Å²) in [5, 5.41) is 26.6. The lowest BCUT2D eigenvalue weighted by molar-refractivity contribution is -0.142. The largest absolute Gasteiger partial charge is 0.501 e. The van der Waals surface area contributed by atoms with Crippen LogP contribution >= 0.6 is 0 Å². The molecular weight excluding hydrogens is 624 g/mol. The van der Waals surface area contributed by atoms with Gasteiger partial charge in [-0.2, -0.15) is 0 Å². The average Bonchev–Trinajstić information content (AvgIpc) is 3.45. The van der Waals surface area contributed by atoms with E-state index in [1.54, 1.807) is 0 Å². The van der Waals surface area contributed by atoms with E-state index < -0.39 is 28.3 Å². The molecule has 1 aromatic rings. The Kier molecular flexibility index (Phi) is 12.7. The minimum atomic E-state index is -1.01. The first kappa shape index (κ1) is 38.4. The molecule has 266 valence electrons. The Bertz CT molecular complexity index is 1790. The number of carboxylic acids is 1. The quantitative estimate of drug-likeness (QED) is 0.107. The highest BCUT2D eigenvalue weighted by molar-refractivity contribution is 5.76. The van der Waals surface area contributed by atoms with E-state index in [0.29, 0.717) is 36.5 Å². The van der Waals surface area contributed by atoms with Gasteiger partial charge in [0, 0.05) is 0 Å². The molecule has 0 aromatic heterocycles. The Balaban J connectivity index is 0.000000616. The summed E-state index contributed by atoms with van der Waals surface area (Å²) in [6.45, 7) is 18.0. The van der Waals surface area contributed by atoms with Crippen molar-refractivity contribution in [3.8, 4) is 33.8 Å². The molecule has 0 fully saturated rings.